The van der Waals surface area contributed by atoms with Gasteiger partial charge in [0, 0.05) is 7.11 Å². The topological polar surface area (TPSA) is 74.2 Å². The van der Waals surface area contributed by atoms with E-state index in [1.807, 2.05) is 13.8 Å². The van der Waals surface area contributed by atoms with Crippen LogP contribution in [0.5, 0.6) is 0 Å². The molecule has 1 rings (SSSR count). The van der Waals surface area contributed by atoms with Gasteiger partial charge in [-0.3, -0.25) is 0 Å². The smallest absolute Gasteiger partial charge is 0.243 e. The molecular formula is C11H21N3O2. The monoisotopic (exact) mass is 227 g/mol. The minimum absolute atomic E-state index is 0.209. The first kappa shape index (κ1) is 13.1. The molecule has 92 valence electrons. The molecule has 1 aromatic heterocycles. The van der Waals surface area contributed by atoms with E-state index in [1.165, 1.54) is 0 Å². The number of methoxy groups -OCH3 is 1. The normalized spacial score (nSPS) is 16.1. The number of aromatic nitrogens is 2. The lowest BCUT2D eigenvalue weighted by atomic mass is 10.0. The molecular weight excluding hydrogens is 206 g/mol. The van der Waals surface area contributed by atoms with Crippen molar-refractivity contribution >= 4 is 0 Å². The van der Waals surface area contributed by atoms with Crippen molar-refractivity contribution < 1.29 is 9.26 Å². The Morgan fingerprint density at radius 3 is 2.62 bits per heavy atom. The Labute approximate surface area is 96.4 Å². The van der Waals surface area contributed by atoms with Crippen molar-refractivity contribution in [1.82, 2.24) is 10.1 Å². The average molecular weight is 227 g/mol. The Balaban J connectivity index is 2.87. The maximum absolute atomic E-state index is 6.01. The van der Waals surface area contributed by atoms with Crippen LogP contribution >= 0.6 is 0 Å². The van der Waals surface area contributed by atoms with Gasteiger partial charge in [0.05, 0.1) is 6.04 Å². The highest BCUT2D eigenvalue weighted by Gasteiger charge is 2.28. The molecule has 0 aliphatic rings. The summed E-state index contributed by atoms with van der Waals surface area (Å²) in [5.41, 5.74) is 5.47. The van der Waals surface area contributed by atoms with E-state index in [9.17, 15) is 0 Å². The van der Waals surface area contributed by atoms with E-state index >= 15 is 0 Å². The standard InChI is InChI=1S/C11H21N3O2/c1-6-7(2)8(12)9-13-10(14-16-9)11(3,4)15-5/h7-8H,6,12H2,1-5H3/t7?,8-/m0/s1. The first-order valence-electron chi connectivity index (χ1n) is 5.57. The number of nitrogens with two attached hydrogens (primary N) is 1. The second-order valence-electron chi connectivity index (χ2n) is 4.58. The molecule has 1 heterocycles. The van der Waals surface area contributed by atoms with Crippen LogP contribution in [0.1, 0.15) is 51.9 Å². The van der Waals surface area contributed by atoms with Gasteiger partial charge in [0.25, 0.3) is 0 Å². The van der Waals surface area contributed by atoms with E-state index in [4.69, 9.17) is 15.0 Å². The zero-order chi connectivity index (χ0) is 12.3. The summed E-state index contributed by atoms with van der Waals surface area (Å²) < 4.78 is 10.4. The molecule has 0 bridgehead atoms. The lowest BCUT2D eigenvalue weighted by Crippen LogP contribution is -2.22. The van der Waals surface area contributed by atoms with Crippen molar-refractivity contribution in [2.45, 2.75) is 45.8 Å². The summed E-state index contributed by atoms with van der Waals surface area (Å²) in [7, 11) is 1.62. The highest BCUT2D eigenvalue weighted by molar-refractivity contribution is 5.00. The molecule has 5 heteroatoms. The number of rotatable bonds is 5. The van der Waals surface area contributed by atoms with Crippen molar-refractivity contribution in [3.05, 3.63) is 11.7 Å². The molecule has 0 saturated heterocycles. The van der Waals surface area contributed by atoms with Gasteiger partial charge in [-0.05, 0) is 19.8 Å². The minimum atomic E-state index is -0.545. The van der Waals surface area contributed by atoms with E-state index in [-0.39, 0.29) is 6.04 Å². The fourth-order valence-electron chi connectivity index (χ4n) is 1.20. The SMILES string of the molecule is CCC(C)[C@H](N)c1nc(C(C)(C)OC)no1. The summed E-state index contributed by atoms with van der Waals surface area (Å²) >= 11 is 0. The van der Waals surface area contributed by atoms with Gasteiger partial charge in [0.2, 0.25) is 11.7 Å². The van der Waals surface area contributed by atoms with Crippen molar-refractivity contribution in [3.63, 3.8) is 0 Å². The average Bonchev–Trinajstić information content (AvgIpc) is 2.76. The molecule has 1 unspecified atom stereocenters. The number of hydrogen-bond donors (Lipinski definition) is 1. The Morgan fingerprint density at radius 2 is 2.12 bits per heavy atom. The van der Waals surface area contributed by atoms with Crippen molar-refractivity contribution in [3.8, 4) is 0 Å². The van der Waals surface area contributed by atoms with Crippen molar-refractivity contribution in [1.29, 1.82) is 0 Å². The maximum atomic E-state index is 6.01. The molecule has 0 spiro atoms. The summed E-state index contributed by atoms with van der Waals surface area (Å²) in [6.07, 6.45) is 0.979. The first-order valence-corrected chi connectivity index (χ1v) is 5.57. The number of nitrogens with zero attached hydrogens (tertiary/aromatic N) is 2. The van der Waals surface area contributed by atoms with Crippen LogP contribution in [0.15, 0.2) is 4.52 Å². The molecule has 0 aromatic carbocycles. The van der Waals surface area contributed by atoms with E-state index in [0.717, 1.165) is 6.42 Å². The highest BCUT2D eigenvalue weighted by atomic mass is 16.5. The third-order valence-electron chi connectivity index (χ3n) is 3.03. The summed E-state index contributed by atoms with van der Waals surface area (Å²) in [5, 5.41) is 3.91. The van der Waals surface area contributed by atoms with E-state index in [2.05, 4.69) is 24.0 Å². The van der Waals surface area contributed by atoms with Gasteiger partial charge >= 0.3 is 0 Å². The molecule has 0 radical (unpaired) electrons. The molecule has 1 aromatic rings. The molecule has 2 atom stereocenters. The second kappa shape index (κ2) is 4.93. The van der Waals surface area contributed by atoms with E-state index < -0.39 is 5.60 Å². The Bertz CT molecular complexity index is 336. The van der Waals surface area contributed by atoms with Crippen LogP contribution in [0.2, 0.25) is 0 Å². The van der Waals surface area contributed by atoms with Crippen molar-refractivity contribution in [2.75, 3.05) is 7.11 Å². The minimum Gasteiger partial charge on any atom is -0.371 e. The van der Waals surface area contributed by atoms with Gasteiger partial charge in [0.1, 0.15) is 5.60 Å². The summed E-state index contributed by atoms with van der Waals surface area (Å²) in [4.78, 5) is 4.29. The Morgan fingerprint density at radius 1 is 1.50 bits per heavy atom. The number of hydrogen-bond acceptors (Lipinski definition) is 5. The molecule has 2 N–H and O–H groups in total. The molecule has 0 aliphatic heterocycles. The van der Waals surface area contributed by atoms with Gasteiger partial charge in [-0.1, -0.05) is 25.4 Å². The van der Waals surface area contributed by atoms with Crippen molar-refractivity contribution in [2.24, 2.45) is 11.7 Å². The van der Waals surface area contributed by atoms with Gasteiger partial charge < -0.3 is 15.0 Å². The molecule has 16 heavy (non-hydrogen) atoms. The quantitative estimate of drug-likeness (QED) is 0.832. The zero-order valence-corrected chi connectivity index (χ0v) is 10.7. The summed E-state index contributed by atoms with van der Waals surface area (Å²) in [5.74, 6) is 1.33. The summed E-state index contributed by atoms with van der Waals surface area (Å²) in [6, 6.07) is -0.209. The van der Waals surface area contributed by atoms with Crippen LogP contribution in [0.25, 0.3) is 0 Å². The molecule has 0 saturated carbocycles. The van der Waals surface area contributed by atoms with Crippen LogP contribution in [0, 0.1) is 5.92 Å². The van der Waals surface area contributed by atoms with Crippen LogP contribution in [0.3, 0.4) is 0 Å². The molecule has 5 nitrogen and oxygen atoms in total. The number of ether oxygens (including phenoxy) is 1. The van der Waals surface area contributed by atoms with E-state index in [0.29, 0.717) is 17.6 Å². The van der Waals surface area contributed by atoms with Gasteiger partial charge in [-0.25, -0.2) is 0 Å². The lowest BCUT2D eigenvalue weighted by Gasteiger charge is -2.17. The first-order chi connectivity index (χ1) is 7.42. The lowest BCUT2D eigenvalue weighted by molar-refractivity contribution is 0.00973. The Kier molecular flexibility index (Phi) is 4.04. The molecule has 0 aliphatic carbocycles. The highest BCUT2D eigenvalue weighted by Crippen LogP contribution is 2.25. The Hall–Kier alpha value is -0.940. The van der Waals surface area contributed by atoms with Gasteiger partial charge in [-0.2, -0.15) is 4.98 Å². The van der Waals surface area contributed by atoms with Crippen LogP contribution in [-0.4, -0.2) is 17.3 Å². The third-order valence-corrected chi connectivity index (χ3v) is 3.03. The fourth-order valence-corrected chi connectivity index (χ4v) is 1.20. The second-order valence-corrected chi connectivity index (χ2v) is 4.58. The predicted molar refractivity (Wildman–Crippen MR) is 60.7 cm³/mol. The van der Waals surface area contributed by atoms with Gasteiger partial charge in [-0.15, -0.1) is 0 Å². The van der Waals surface area contributed by atoms with Gasteiger partial charge in [0.15, 0.2) is 0 Å². The van der Waals surface area contributed by atoms with Crippen LogP contribution in [0.4, 0.5) is 0 Å². The van der Waals surface area contributed by atoms with Crippen LogP contribution in [-0.2, 0) is 10.3 Å². The molecule has 0 fully saturated rings. The third kappa shape index (κ3) is 2.59. The predicted octanol–water partition coefficient (Wildman–Crippen LogP) is 2.00. The largest absolute Gasteiger partial charge is 0.371 e. The van der Waals surface area contributed by atoms with E-state index in [1.54, 1.807) is 7.11 Å². The molecule has 0 amide bonds. The van der Waals surface area contributed by atoms with Crippen LogP contribution < -0.4 is 5.73 Å². The summed E-state index contributed by atoms with van der Waals surface area (Å²) in [6.45, 7) is 7.92. The maximum Gasteiger partial charge on any atom is 0.243 e. The fraction of sp³-hybridized carbons (Fsp3) is 0.818. The zero-order valence-electron chi connectivity index (χ0n) is 10.7.